The fourth-order valence-corrected chi connectivity index (χ4v) is 3.77. The third-order valence-corrected chi connectivity index (χ3v) is 5.14. The first-order chi connectivity index (χ1) is 13.0. The van der Waals surface area contributed by atoms with Crippen molar-refractivity contribution in [2.75, 3.05) is 27.4 Å². The molecule has 5 nitrogen and oxygen atoms in total. The van der Waals surface area contributed by atoms with E-state index >= 15 is 0 Å². The molecule has 27 heavy (non-hydrogen) atoms. The van der Waals surface area contributed by atoms with Crippen molar-refractivity contribution in [3.05, 3.63) is 52.0 Å². The molecule has 1 saturated heterocycles. The average molecular weight is 410 g/mol. The van der Waals surface area contributed by atoms with E-state index in [2.05, 4.69) is 0 Å². The summed E-state index contributed by atoms with van der Waals surface area (Å²) in [5.74, 6) is 1.80. The molecule has 1 aliphatic heterocycles. The van der Waals surface area contributed by atoms with Gasteiger partial charge in [0.05, 0.1) is 25.3 Å². The molecule has 1 amide bonds. The highest BCUT2D eigenvalue weighted by Gasteiger charge is 2.32. The van der Waals surface area contributed by atoms with E-state index in [9.17, 15) is 4.79 Å². The fraction of sp³-hybridized carbons (Fsp3) is 0.350. The highest BCUT2D eigenvalue weighted by molar-refractivity contribution is 6.35. The molecule has 1 unspecified atom stereocenters. The minimum atomic E-state index is -0.103. The minimum Gasteiger partial charge on any atom is -0.497 e. The van der Waals surface area contributed by atoms with Crippen LogP contribution in [0.25, 0.3) is 0 Å². The summed E-state index contributed by atoms with van der Waals surface area (Å²) >= 11 is 12.0. The summed E-state index contributed by atoms with van der Waals surface area (Å²) in [5, 5.41) is 0.895. The Hall–Kier alpha value is -2.11. The van der Waals surface area contributed by atoms with Crippen molar-refractivity contribution in [3.8, 4) is 17.2 Å². The summed E-state index contributed by atoms with van der Waals surface area (Å²) in [6, 6.07) is 10.5. The summed E-state index contributed by atoms with van der Waals surface area (Å²) in [5.41, 5.74) is 0.937. The van der Waals surface area contributed by atoms with Crippen molar-refractivity contribution in [3.63, 3.8) is 0 Å². The molecule has 144 valence electrons. The zero-order chi connectivity index (χ0) is 19.4. The molecular formula is C20H21Cl2NO4. The van der Waals surface area contributed by atoms with Crippen LogP contribution in [0.5, 0.6) is 17.2 Å². The molecule has 1 heterocycles. The van der Waals surface area contributed by atoms with Crippen LogP contribution in [-0.2, 0) is 4.79 Å². The molecule has 0 saturated carbocycles. The minimum absolute atomic E-state index is 0.0770. The normalized spacial score (nSPS) is 16.3. The van der Waals surface area contributed by atoms with Crippen LogP contribution >= 0.6 is 23.2 Å². The molecule has 0 spiro atoms. The number of hydrogen-bond acceptors (Lipinski definition) is 4. The van der Waals surface area contributed by atoms with Gasteiger partial charge in [-0.25, -0.2) is 0 Å². The number of carbonyl (C=O) groups excluding carboxylic acids is 1. The lowest BCUT2D eigenvalue weighted by atomic mass is 10.0. The molecule has 2 aromatic carbocycles. The summed E-state index contributed by atoms with van der Waals surface area (Å²) in [6.07, 6.45) is 1.77. The standard InChI is InChI=1S/C20H21Cl2NO4/c1-25-14-6-8-18(26-2)15(11-14)17-4-3-9-23(17)20(24)12-27-19-7-5-13(21)10-16(19)22/h5-8,10-11,17H,3-4,9,12H2,1-2H3. The molecule has 1 atom stereocenters. The molecule has 0 aliphatic carbocycles. The molecule has 0 aromatic heterocycles. The van der Waals surface area contributed by atoms with Gasteiger partial charge in [0.25, 0.3) is 5.91 Å². The molecule has 0 N–H and O–H groups in total. The second-order valence-electron chi connectivity index (χ2n) is 6.22. The molecule has 2 aromatic rings. The number of halogens is 2. The monoisotopic (exact) mass is 409 g/mol. The summed E-state index contributed by atoms with van der Waals surface area (Å²) in [6.45, 7) is 0.575. The fourth-order valence-electron chi connectivity index (χ4n) is 3.30. The van der Waals surface area contributed by atoms with Crippen molar-refractivity contribution >= 4 is 29.1 Å². The van der Waals surface area contributed by atoms with Gasteiger partial charge in [-0.3, -0.25) is 4.79 Å². The van der Waals surface area contributed by atoms with E-state index < -0.39 is 0 Å². The van der Waals surface area contributed by atoms with Crippen LogP contribution in [0.4, 0.5) is 0 Å². The first-order valence-corrected chi connectivity index (χ1v) is 9.38. The van der Waals surface area contributed by atoms with Gasteiger partial charge < -0.3 is 19.1 Å². The maximum Gasteiger partial charge on any atom is 0.261 e. The van der Waals surface area contributed by atoms with Crippen LogP contribution in [0.15, 0.2) is 36.4 Å². The van der Waals surface area contributed by atoms with Gasteiger partial charge in [-0.15, -0.1) is 0 Å². The van der Waals surface area contributed by atoms with E-state index in [-0.39, 0.29) is 18.6 Å². The van der Waals surface area contributed by atoms with Crippen LogP contribution in [0.2, 0.25) is 10.0 Å². The number of rotatable bonds is 6. The van der Waals surface area contributed by atoms with Gasteiger partial charge in [0, 0.05) is 17.1 Å². The van der Waals surface area contributed by atoms with Crippen LogP contribution in [-0.4, -0.2) is 38.2 Å². The van der Waals surface area contributed by atoms with Crippen molar-refractivity contribution in [1.82, 2.24) is 4.90 Å². The number of carbonyl (C=O) groups is 1. The molecule has 1 fully saturated rings. The predicted molar refractivity (Wildman–Crippen MR) is 105 cm³/mol. The van der Waals surface area contributed by atoms with Crippen molar-refractivity contribution in [2.24, 2.45) is 0 Å². The van der Waals surface area contributed by atoms with Crippen molar-refractivity contribution in [1.29, 1.82) is 0 Å². The predicted octanol–water partition coefficient (Wildman–Crippen LogP) is 4.75. The number of ether oxygens (including phenoxy) is 3. The number of hydrogen-bond donors (Lipinski definition) is 0. The summed E-state index contributed by atoms with van der Waals surface area (Å²) in [4.78, 5) is 14.6. The Morgan fingerprint density at radius 2 is 1.89 bits per heavy atom. The number of amides is 1. The van der Waals surface area contributed by atoms with Crippen molar-refractivity contribution < 1.29 is 19.0 Å². The third-order valence-electron chi connectivity index (χ3n) is 4.61. The Kier molecular flexibility index (Phi) is 6.34. The summed E-state index contributed by atoms with van der Waals surface area (Å²) < 4.78 is 16.4. The maximum atomic E-state index is 12.8. The third kappa shape index (κ3) is 4.42. The number of methoxy groups -OCH3 is 2. The second kappa shape index (κ2) is 8.72. The number of nitrogens with zero attached hydrogens (tertiary/aromatic N) is 1. The Labute approximate surface area is 168 Å². The highest BCUT2D eigenvalue weighted by atomic mass is 35.5. The van der Waals surface area contributed by atoms with Gasteiger partial charge in [0.2, 0.25) is 0 Å². The number of likely N-dealkylation sites (tertiary alicyclic amines) is 1. The Morgan fingerprint density at radius 3 is 2.59 bits per heavy atom. The largest absolute Gasteiger partial charge is 0.497 e. The first-order valence-electron chi connectivity index (χ1n) is 8.62. The number of benzene rings is 2. The average Bonchev–Trinajstić information content (AvgIpc) is 3.16. The lowest BCUT2D eigenvalue weighted by Crippen LogP contribution is -2.34. The quantitative estimate of drug-likeness (QED) is 0.690. The lowest BCUT2D eigenvalue weighted by Gasteiger charge is -2.26. The molecule has 0 bridgehead atoms. The molecular weight excluding hydrogens is 389 g/mol. The van der Waals surface area contributed by atoms with Crippen LogP contribution < -0.4 is 14.2 Å². The van der Waals surface area contributed by atoms with E-state index in [1.165, 1.54) is 0 Å². The SMILES string of the molecule is COc1ccc(OC)c(C2CCCN2C(=O)COc2ccc(Cl)cc2Cl)c1. The lowest BCUT2D eigenvalue weighted by molar-refractivity contribution is -0.134. The summed E-state index contributed by atoms with van der Waals surface area (Å²) in [7, 11) is 3.24. The smallest absolute Gasteiger partial charge is 0.261 e. The Morgan fingerprint density at radius 1 is 1.11 bits per heavy atom. The second-order valence-corrected chi connectivity index (χ2v) is 7.06. The molecule has 7 heteroatoms. The molecule has 3 rings (SSSR count). The van der Waals surface area contributed by atoms with E-state index in [1.54, 1.807) is 32.4 Å². The van der Waals surface area contributed by atoms with E-state index in [0.717, 1.165) is 29.9 Å². The van der Waals surface area contributed by atoms with Gasteiger partial charge >= 0.3 is 0 Å². The van der Waals surface area contributed by atoms with Crippen LogP contribution in [0, 0.1) is 0 Å². The first kappa shape index (κ1) is 19.6. The van der Waals surface area contributed by atoms with Gasteiger partial charge in [0.1, 0.15) is 17.2 Å². The highest BCUT2D eigenvalue weighted by Crippen LogP contribution is 2.39. The Balaban J connectivity index is 1.75. The van der Waals surface area contributed by atoms with Crippen molar-refractivity contribution in [2.45, 2.75) is 18.9 Å². The molecule has 0 radical (unpaired) electrons. The van der Waals surface area contributed by atoms with Gasteiger partial charge in [-0.05, 0) is 49.2 Å². The van der Waals surface area contributed by atoms with E-state index in [0.29, 0.717) is 22.3 Å². The topological polar surface area (TPSA) is 48.0 Å². The zero-order valence-electron chi connectivity index (χ0n) is 15.2. The van der Waals surface area contributed by atoms with Gasteiger partial charge in [0.15, 0.2) is 6.61 Å². The van der Waals surface area contributed by atoms with Gasteiger partial charge in [-0.1, -0.05) is 23.2 Å². The van der Waals surface area contributed by atoms with Gasteiger partial charge in [-0.2, -0.15) is 0 Å². The zero-order valence-corrected chi connectivity index (χ0v) is 16.7. The molecule has 1 aliphatic rings. The van der Waals surface area contributed by atoms with Crippen LogP contribution in [0.1, 0.15) is 24.4 Å². The van der Waals surface area contributed by atoms with Crippen LogP contribution in [0.3, 0.4) is 0 Å². The Bertz CT molecular complexity index is 828. The maximum absolute atomic E-state index is 12.8. The van der Waals surface area contributed by atoms with E-state index in [1.807, 2.05) is 23.1 Å². The van der Waals surface area contributed by atoms with E-state index in [4.69, 9.17) is 37.4 Å².